The molecular formula is C22H25ClFN5O2. The number of hydrogen-bond donors (Lipinski definition) is 2. The molecule has 1 atom stereocenters. The summed E-state index contributed by atoms with van der Waals surface area (Å²) < 4.78 is 21.6. The Morgan fingerprint density at radius 2 is 2.13 bits per heavy atom. The van der Waals surface area contributed by atoms with Gasteiger partial charge in [-0.25, -0.2) is 14.1 Å². The lowest BCUT2D eigenvalue weighted by Crippen LogP contribution is -2.31. The average molecular weight is 446 g/mol. The van der Waals surface area contributed by atoms with E-state index in [1.165, 1.54) is 6.07 Å². The van der Waals surface area contributed by atoms with Gasteiger partial charge in [0.05, 0.1) is 28.9 Å². The van der Waals surface area contributed by atoms with Crippen molar-refractivity contribution in [2.24, 2.45) is 0 Å². The van der Waals surface area contributed by atoms with Crippen molar-refractivity contribution < 1.29 is 13.9 Å². The van der Waals surface area contributed by atoms with Crippen LogP contribution in [0.15, 0.2) is 30.6 Å². The molecule has 0 aliphatic carbocycles. The van der Waals surface area contributed by atoms with Gasteiger partial charge >= 0.3 is 0 Å². The van der Waals surface area contributed by atoms with Gasteiger partial charge in [0.1, 0.15) is 5.82 Å². The second-order valence-corrected chi connectivity index (χ2v) is 8.07. The number of carbonyl (C=O) groups excluding carboxylic acids is 1. The fraction of sp³-hybridized carbons (Fsp3) is 0.409. The highest BCUT2D eigenvalue weighted by molar-refractivity contribution is 6.30. The van der Waals surface area contributed by atoms with Crippen LogP contribution >= 0.6 is 11.6 Å². The molecular weight excluding hydrogens is 421 g/mol. The summed E-state index contributed by atoms with van der Waals surface area (Å²) in [7, 11) is 0. The molecule has 0 radical (unpaired) electrons. The number of ether oxygens (including phenoxy) is 1. The zero-order valence-corrected chi connectivity index (χ0v) is 18.2. The number of nitrogens with zero attached hydrogens (tertiary/aromatic N) is 3. The Balaban J connectivity index is 1.66. The van der Waals surface area contributed by atoms with E-state index in [0.717, 1.165) is 18.2 Å². The van der Waals surface area contributed by atoms with Crippen LogP contribution in [0.3, 0.4) is 0 Å². The molecule has 2 aromatic heterocycles. The van der Waals surface area contributed by atoms with Crippen LogP contribution in [-0.4, -0.2) is 39.9 Å². The number of pyridine rings is 1. The highest BCUT2D eigenvalue weighted by Gasteiger charge is 2.23. The minimum atomic E-state index is -0.547. The minimum absolute atomic E-state index is 0.182. The summed E-state index contributed by atoms with van der Waals surface area (Å²) in [4.78, 5) is 17.7. The van der Waals surface area contributed by atoms with Gasteiger partial charge in [-0.2, -0.15) is 5.10 Å². The van der Waals surface area contributed by atoms with E-state index >= 15 is 0 Å². The SMILES string of the molecule is CCn1ncc2c(NC3CCOCC3)c(C(=O)NC(C)c3ccc(Cl)cc3F)cnc21. The number of benzene rings is 1. The zero-order valence-electron chi connectivity index (χ0n) is 17.5. The molecule has 1 aliphatic rings. The summed E-state index contributed by atoms with van der Waals surface area (Å²) in [5.41, 5.74) is 2.17. The molecule has 164 valence electrons. The van der Waals surface area contributed by atoms with Crippen LogP contribution in [-0.2, 0) is 11.3 Å². The van der Waals surface area contributed by atoms with Crippen LogP contribution in [0.2, 0.25) is 5.02 Å². The molecule has 9 heteroatoms. The van der Waals surface area contributed by atoms with E-state index in [-0.39, 0.29) is 11.9 Å². The molecule has 1 aliphatic heterocycles. The van der Waals surface area contributed by atoms with Gasteiger partial charge in [0, 0.05) is 42.6 Å². The molecule has 1 fully saturated rings. The topological polar surface area (TPSA) is 81.1 Å². The number of amides is 1. The molecule has 0 bridgehead atoms. The predicted octanol–water partition coefficient (Wildman–Crippen LogP) is 4.33. The third kappa shape index (κ3) is 4.50. The number of fused-ring (bicyclic) bond motifs is 1. The first kappa shape index (κ1) is 21.5. The fourth-order valence-corrected chi connectivity index (χ4v) is 4.00. The van der Waals surface area contributed by atoms with Gasteiger partial charge in [-0.3, -0.25) is 4.79 Å². The third-order valence-electron chi connectivity index (χ3n) is 5.56. The molecule has 7 nitrogen and oxygen atoms in total. The normalized spacial score (nSPS) is 15.7. The maximum Gasteiger partial charge on any atom is 0.255 e. The van der Waals surface area contributed by atoms with Gasteiger partial charge in [0.15, 0.2) is 5.65 Å². The van der Waals surface area contributed by atoms with Crippen LogP contribution in [0.5, 0.6) is 0 Å². The second kappa shape index (κ2) is 9.20. The molecule has 0 spiro atoms. The van der Waals surface area contributed by atoms with Crippen LogP contribution in [0, 0.1) is 5.82 Å². The number of aromatic nitrogens is 3. The molecule has 3 heterocycles. The van der Waals surface area contributed by atoms with Gasteiger partial charge in [-0.05, 0) is 38.8 Å². The van der Waals surface area contributed by atoms with Crippen molar-refractivity contribution in [3.05, 3.63) is 52.6 Å². The van der Waals surface area contributed by atoms with Crippen molar-refractivity contribution in [1.82, 2.24) is 20.1 Å². The summed E-state index contributed by atoms with van der Waals surface area (Å²) >= 11 is 5.85. The van der Waals surface area contributed by atoms with Crippen molar-refractivity contribution in [2.45, 2.75) is 45.3 Å². The molecule has 1 aromatic carbocycles. The van der Waals surface area contributed by atoms with E-state index in [9.17, 15) is 9.18 Å². The third-order valence-corrected chi connectivity index (χ3v) is 5.79. The Hall–Kier alpha value is -2.71. The standard InChI is InChI=1S/C22H25ClFN5O2/c1-3-29-21-17(12-26-29)20(28-15-6-8-31-9-7-15)18(11-25-21)22(30)27-13(2)16-5-4-14(23)10-19(16)24/h4-5,10-13,15H,3,6-9H2,1-2H3,(H,25,28)(H,27,30). The Morgan fingerprint density at radius 3 is 2.84 bits per heavy atom. The summed E-state index contributed by atoms with van der Waals surface area (Å²) in [5, 5.41) is 11.9. The lowest BCUT2D eigenvalue weighted by atomic mass is 10.0. The number of aryl methyl sites for hydroxylation is 1. The molecule has 0 saturated carbocycles. The number of carbonyl (C=O) groups is 1. The molecule has 1 saturated heterocycles. The van der Waals surface area contributed by atoms with Crippen molar-refractivity contribution >= 4 is 34.2 Å². The lowest BCUT2D eigenvalue weighted by Gasteiger charge is -2.26. The Kier molecular flexibility index (Phi) is 6.38. The quantitative estimate of drug-likeness (QED) is 0.590. The molecule has 2 N–H and O–H groups in total. The smallest absolute Gasteiger partial charge is 0.255 e. The summed E-state index contributed by atoms with van der Waals surface area (Å²) in [5.74, 6) is -0.797. The molecule has 31 heavy (non-hydrogen) atoms. The maximum atomic E-state index is 14.3. The molecule has 1 amide bonds. The Morgan fingerprint density at radius 1 is 1.35 bits per heavy atom. The Bertz CT molecular complexity index is 1100. The van der Waals surface area contributed by atoms with Crippen LogP contribution < -0.4 is 10.6 Å². The van der Waals surface area contributed by atoms with Crippen LogP contribution in [0.4, 0.5) is 10.1 Å². The minimum Gasteiger partial charge on any atom is -0.381 e. The number of hydrogen-bond acceptors (Lipinski definition) is 5. The second-order valence-electron chi connectivity index (χ2n) is 7.64. The van der Waals surface area contributed by atoms with E-state index in [4.69, 9.17) is 16.3 Å². The van der Waals surface area contributed by atoms with Gasteiger partial charge in [-0.15, -0.1) is 0 Å². The lowest BCUT2D eigenvalue weighted by molar-refractivity contribution is 0.0903. The monoisotopic (exact) mass is 445 g/mol. The first-order valence-corrected chi connectivity index (χ1v) is 10.8. The summed E-state index contributed by atoms with van der Waals surface area (Å²) in [6.45, 7) is 5.74. The van der Waals surface area contributed by atoms with Crippen LogP contribution in [0.1, 0.15) is 48.7 Å². The highest BCUT2D eigenvalue weighted by Crippen LogP contribution is 2.29. The highest BCUT2D eigenvalue weighted by atomic mass is 35.5. The molecule has 4 rings (SSSR count). The van der Waals surface area contributed by atoms with Gasteiger partial charge in [0.2, 0.25) is 0 Å². The van der Waals surface area contributed by atoms with E-state index < -0.39 is 11.9 Å². The summed E-state index contributed by atoms with van der Waals surface area (Å²) in [6.07, 6.45) is 4.98. The fourth-order valence-electron chi connectivity index (χ4n) is 3.84. The van der Waals surface area contributed by atoms with Crippen molar-refractivity contribution in [3.63, 3.8) is 0 Å². The van der Waals surface area contributed by atoms with E-state index in [0.29, 0.717) is 47.2 Å². The van der Waals surface area contributed by atoms with E-state index in [1.54, 1.807) is 36.1 Å². The number of rotatable bonds is 6. The van der Waals surface area contributed by atoms with Gasteiger partial charge in [-0.1, -0.05) is 17.7 Å². The van der Waals surface area contributed by atoms with Gasteiger partial charge in [0.25, 0.3) is 5.91 Å². The first-order chi connectivity index (χ1) is 15.0. The van der Waals surface area contributed by atoms with Crippen molar-refractivity contribution in [1.29, 1.82) is 0 Å². The largest absolute Gasteiger partial charge is 0.381 e. The van der Waals surface area contributed by atoms with Crippen molar-refractivity contribution in [3.8, 4) is 0 Å². The average Bonchev–Trinajstić information content (AvgIpc) is 3.18. The van der Waals surface area contributed by atoms with Gasteiger partial charge < -0.3 is 15.4 Å². The van der Waals surface area contributed by atoms with E-state index in [2.05, 4.69) is 20.7 Å². The first-order valence-electron chi connectivity index (χ1n) is 10.4. The number of nitrogens with one attached hydrogen (secondary N) is 2. The van der Waals surface area contributed by atoms with Crippen LogP contribution in [0.25, 0.3) is 11.0 Å². The molecule has 3 aromatic rings. The zero-order chi connectivity index (χ0) is 22.0. The van der Waals surface area contributed by atoms with Crippen molar-refractivity contribution in [2.75, 3.05) is 18.5 Å². The Labute approximate surface area is 184 Å². The van der Waals surface area contributed by atoms with E-state index in [1.807, 2.05) is 6.92 Å². The molecule has 1 unspecified atom stereocenters. The number of halogens is 2. The maximum absolute atomic E-state index is 14.3. The predicted molar refractivity (Wildman–Crippen MR) is 118 cm³/mol. The number of anilines is 1. The summed E-state index contributed by atoms with van der Waals surface area (Å²) in [6, 6.07) is 4.06.